The molecule has 6 heteroatoms. The third-order valence-electron chi connectivity index (χ3n) is 5.97. The number of carbonyl (C=O) groups excluding carboxylic acids is 2. The number of rotatable bonds is 10. The molecule has 2 amide bonds. The smallest absolute Gasteiger partial charge is 0.242 e. The molecule has 2 aromatic rings. The van der Waals surface area contributed by atoms with Crippen molar-refractivity contribution in [1.29, 1.82) is 0 Å². The van der Waals surface area contributed by atoms with Crippen LogP contribution < -0.4 is 10.1 Å². The molecule has 3 rings (SSSR count). The minimum absolute atomic E-state index is 0.0151. The molecular formula is C26H34N2O3S. The van der Waals surface area contributed by atoms with E-state index in [0.717, 1.165) is 48.3 Å². The van der Waals surface area contributed by atoms with Gasteiger partial charge in [0, 0.05) is 18.3 Å². The van der Waals surface area contributed by atoms with Crippen LogP contribution in [-0.4, -0.2) is 41.7 Å². The molecule has 1 saturated carbocycles. The first kappa shape index (κ1) is 24.2. The van der Waals surface area contributed by atoms with E-state index in [2.05, 4.69) is 5.32 Å². The second kappa shape index (κ2) is 12.5. The highest BCUT2D eigenvalue weighted by Crippen LogP contribution is 2.20. The van der Waals surface area contributed by atoms with Crippen LogP contribution in [0, 0.1) is 0 Å². The van der Waals surface area contributed by atoms with Gasteiger partial charge in [0.25, 0.3) is 0 Å². The molecule has 1 atom stereocenters. The van der Waals surface area contributed by atoms with E-state index in [9.17, 15) is 9.59 Å². The number of hydrogen-bond donors (Lipinski definition) is 1. The molecule has 0 aliphatic heterocycles. The minimum atomic E-state index is -0.508. The molecule has 1 aliphatic rings. The van der Waals surface area contributed by atoms with Gasteiger partial charge in [0.1, 0.15) is 11.8 Å². The van der Waals surface area contributed by atoms with Crippen LogP contribution in [0.5, 0.6) is 5.75 Å². The maximum absolute atomic E-state index is 13.2. The van der Waals surface area contributed by atoms with Gasteiger partial charge in [-0.2, -0.15) is 0 Å². The fraction of sp³-hybridized carbons (Fsp3) is 0.462. The number of nitrogens with zero attached hydrogens (tertiary/aromatic N) is 1. The van der Waals surface area contributed by atoms with E-state index in [4.69, 9.17) is 4.74 Å². The Bertz CT molecular complexity index is 851. The van der Waals surface area contributed by atoms with E-state index in [1.54, 1.807) is 23.8 Å². The van der Waals surface area contributed by atoms with E-state index in [1.807, 2.05) is 61.5 Å². The van der Waals surface area contributed by atoms with Crippen molar-refractivity contribution in [3.05, 3.63) is 65.7 Å². The van der Waals surface area contributed by atoms with Gasteiger partial charge in [-0.3, -0.25) is 9.59 Å². The molecule has 5 nitrogen and oxygen atoms in total. The minimum Gasteiger partial charge on any atom is -0.497 e. The van der Waals surface area contributed by atoms with Crippen molar-refractivity contribution < 1.29 is 14.3 Å². The van der Waals surface area contributed by atoms with Crippen molar-refractivity contribution in [2.75, 3.05) is 12.9 Å². The summed E-state index contributed by atoms with van der Waals surface area (Å²) in [5.41, 5.74) is 2.17. The first-order chi connectivity index (χ1) is 15.6. The lowest BCUT2D eigenvalue weighted by atomic mass is 9.95. The van der Waals surface area contributed by atoms with Crippen LogP contribution in [0.3, 0.4) is 0 Å². The zero-order chi connectivity index (χ0) is 22.8. The summed E-state index contributed by atoms with van der Waals surface area (Å²) in [4.78, 5) is 27.9. The quantitative estimate of drug-likeness (QED) is 0.561. The molecule has 0 spiro atoms. The Balaban J connectivity index is 1.61. The van der Waals surface area contributed by atoms with Gasteiger partial charge in [-0.15, -0.1) is 11.8 Å². The monoisotopic (exact) mass is 454 g/mol. The van der Waals surface area contributed by atoms with Crippen LogP contribution in [0.4, 0.5) is 0 Å². The molecule has 1 aliphatic carbocycles. The fourth-order valence-corrected chi connectivity index (χ4v) is 4.86. The molecule has 0 saturated heterocycles. The lowest BCUT2D eigenvalue weighted by Gasteiger charge is -2.31. The van der Waals surface area contributed by atoms with Crippen LogP contribution in [0.1, 0.15) is 50.2 Å². The number of methoxy groups -OCH3 is 1. The summed E-state index contributed by atoms with van der Waals surface area (Å²) in [7, 11) is 1.65. The van der Waals surface area contributed by atoms with Gasteiger partial charge in [-0.1, -0.05) is 61.7 Å². The number of amides is 2. The molecule has 0 radical (unpaired) electrons. The van der Waals surface area contributed by atoms with Gasteiger partial charge in [0.15, 0.2) is 0 Å². The Morgan fingerprint density at radius 2 is 1.72 bits per heavy atom. The van der Waals surface area contributed by atoms with Crippen LogP contribution in [-0.2, 0) is 21.9 Å². The Hall–Kier alpha value is -2.47. The molecule has 1 N–H and O–H groups in total. The average molecular weight is 455 g/mol. The highest BCUT2D eigenvalue weighted by molar-refractivity contribution is 7.99. The first-order valence-corrected chi connectivity index (χ1v) is 12.6. The summed E-state index contributed by atoms with van der Waals surface area (Å²) in [5, 5.41) is 3.18. The summed E-state index contributed by atoms with van der Waals surface area (Å²) in [6.07, 6.45) is 5.62. The number of benzene rings is 2. The van der Waals surface area contributed by atoms with Gasteiger partial charge in [0.2, 0.25) is 11.8 Å². The maximum atomic E-state index is 13.2. The molecule has 2 aromatic carbocycles. The van der Waals surface area contributed by atoms with Crippen molar-refractivity contribution in [3.8, 4) is 5.75 Å². The molecule has 0 bridgehead atoms. The number of hydrogen-bond acceptors (Lipinski definition) is 4. The summed E-state index contributed by atoms with van der Waals surface area (Å²) in [6, 6.07) is 17.5. The first-order valence-electron chi connectivity index (χ1n) is 11.4. The lowest BCUT2D eigenvalue weighted by Crippen LogP contribution is -2.50. The van der Waals surface area contributed by atoms with Crippen molar-refractivity contribution in [1.82, 2.24) is 10.2 Å². The SMILES string of the molecule is COc1ccc(CSCC(=O)N(Cc2ccccc2)[C@H](C)C(=O)NC2CCCCC2)cc1. The summed E-state index contributed by atoms with van der Waals surface area (Å²) < 4.78 is 5.20. The van der Waals surface area contributed by atoms with Crippen LogP contribution >= 0.6 is 11.8 Å². The van der Waals surface area contributed by atoms with Gasteiger partial charge in [-0.25, -0.2) is 0 Å². The van der Waals surface area contributed by atoms with Gasteiger partial charge >= 0.3 is 0 Å². The Kier molecular flexibility index (Phi) is 9.47. The maximum Gasteiger partial charge on any atom is 0.242 e. The number of nitrogens with one attached hydrogen (secondary N) is 1. The molecule has 1 fully saturated rings. The van der Waals surface area contributed by atoms with Gasteiger partial charge in [0.05, 0.1) is 12.9 Å². The third kappa shape index (κ3) is 7.30. The van der Waals surface area contributed by atoms with Crippen LogP contribution in [0.15, 0.2) is 54.6 Å². The normalized spacial score (nSPS) is 15.1. The Morgan fingerprint density at radius 1 is 1.03 bits per heavy atom. The van der Waals surface area contributed by atoms with Crippen molar-refractivity contribution in [2.24, 2.45) is 0 Å². The Labute approximate surface area is 195 Å². The molecule has 0 aromatic heterocycles. The second-order valence-electron chi connectivity index (χ2n) is 8.37. The predicted molar refractivity (Wildman–Crippen MR) is 131 cm³/mol. The molecular weight excluding hydrogens is 420 g/mol. The summed E-state index contributed by atoms with van der Waals surface area (Å²) in [5.74, 6) is 1.82. The predicted octanol–water partition coefficient (Wildman–Crippen LogP) is 4.79. The molecule has 0 unspecified atom stereocenters. The number of thioether (sulfide) groups is 1. The summed E-state index contributed by atoms with van der Waals surface area (Å²) >= 11 is 1.57. The molecule has 0 heterocycles. The zero-order valence-electron chi connectivity index (χ0n) is 19.1. The molecule has 172 valence electrons. The summed E-state index contributed by atoms with van der Waals surface area (Å²) in [6.45, 7) is 2.27. The van der Waals surface area contributed by atoms with Gasteiger partial charge in [-0.05, 0) is 43.0 Å². The number of carbonyl (C=O) groups is 2. The standard InChI is InChI=1S/C26H34N2O3S/c1-20(26(30)27-23-11-7-4-8-12-23)28(17-21-9-5-3-6-10-21)25(29)19-32-18-22-13-15-24(31-2)16-14-22/h3,5-6,9-10,13-16,20,23H,4,7-8,11-12,17-19H2,1-2H3,(H,27,30)/t20-/m1/s1. The topological polar surface area (TPSA) is 58.6 Å². The highest BCUT2D eigenvalue weighted by atomic mass is 32.2. The Morgan fingerprint density at radius 3 is 2.38 bits per heavy atom. The largest absolute Gasteiger partial charge is 0.497 e. The van der Waals surface area contributed by atoms with E-state index in [1.165, 1.54) is 6.42 Å². The van der Waals surface area contributed by atoms with Crippen molar-refractivity contribution >= 4 is 23.6 Å². The second-order valence-corrected chi connectivity index (χ2v) is 9.35. The molecule has 32 heavy (non-hydrogen) atoms. The van der Waals surface area contributed by atoms with E-state index >= 15 is 0 Å². The highest BCUT2D eigenvalue weighted by Gasteiger charge is 2.28. The zero-order valence-corrected chi connectivity index (χ0v) is 19.9. The van der Waals surface area contributed by atoms with Crippen LogP contribution in [0.25, 0.3) is 0 Å². The van der Waals surface area contributed by atoms with Crippen molar-refractivity contribution in [3.63, 3.8) is 0 Å². The lowest BCUT2D eigenvalue weighted by molar-refractivity contribution is -0.139. The average Bonchev–Trinajstić information content (AvgIpc) is 2.83. The van der Waals surface area contributed by atoms with E-state index < -0.39 is 6.04 Å². The van der Waals surface area contributed by atoms with Gasteiger partial charge < -0.3 is 15.0 Å². The number of ether oxygens (including phenoxy) is 1. The van der Waals surface area contributed by atoms with Crippen LogP contribution in [0.2, 0.25) is 0 Å². The van der Waals surface area contributed by atoms with E-state index in [-0.39, 0.29) is 17.9 Å². The third-order valence-corrected chi connectivity index (χ3v) is 6.96. The van der Waals surface area contributed by atoms with E-state index in [0.29, 0.717) is 12.3 Å². The fourth-order valence-electron chi connectivity index (χ4n) is 3.99. The van der Waals surface area contributed by atoms with Crippen molar-refractivity contribution in [2.45, 2.75) is 63.4 Å².